The number of carbonyl (C=O) groups is 2. The third kappa shape index (κ3) is 3.23. The van der Waals surface area contributed by atoms with Gasteiger partial charge in [0.2, 0.25) is 5.95 Å². The lowest BCUT2D eigenvalue weighted by atomic mass is 9.82. The van der Waals surface area contributed by atoms with Crippen LogP contribution in [-0.4, -0.2) is 21.7 Å². The van der Waals surface area contributed by atoms with Crippen molar-refractivity contribution in [3.05, 3.63) is 76.5 Å². The number of nitrogens with one attached hydrogen (secondary N) is 1. The lowest BCUT2D eigenvalue weighted by Crippen LogP contribution is -2.22. The number of Topliss-reactive ketones (excluding diaryl/α,β-unsaturated/α-hetero) is 1. The van der Waals surface area contributed by atoms with Crippen LogP contribution in [0.5, 0.6) is 0 Å². The molecule has 6 nitrogen and oxygen atoms in total. The number of aromatic nitrogens is 2. The van der Waals surface area contributed by atoms with E-state index in [0.29, 0.717) is 29.1 Å². The summed E-state index contributed by atoms with van der Waals surface area (Å²) in [7, 11) is 0. The topological polar surface area (TPSA) is 85.1 Å². The van der Waals surface area contributed by atoms with E-state index in [1.807, 2.05) is 18.2 Å². The molecule has 2 aromatic heterocycles. The van der Waals surface area contributed by atoms with Crippen LogP contribution >= 0.6 is 11.6 Å². The van der Waals surface area contributed by atoms with Crippen LogP contribution in [0.2, 0.25) is 5.02 Å². The molecule has 7 heteroatoms. The Labute approximate surface area is 154 Å². The Morgan fingerprint density at radius 2 is 2.12 bits per heavy atom. The first-order valence-corrected chi connectivity index (χ1v) is 8.47. The summed E-state index contributed by atoms with van der Waals surface area (Å²) in [4.78, 5) is 33.0. The number of carbonyl (C=O) groups excluding carboxylic acids is 2. The molecule has 26 heavy (non-hydrogen) atoms. The fraction of sp³-hybridized carbons (Fsp3) is 0.158. The quantitative estimate of drug-likeness (QED) is 0.759. The number of fused-ring (bicyclic) bond motifs is 1. The molecule has 1 aliphatic carbocycles. The summed E-state index contributed by atoms with van der Waals surface area (Å²) in [5.41, 5.74) is 2.12. The van der Waals surface area contributed by atoms with E-state index in [2.05, 4.69) is 15.3 Å². The maximum atomic E-state index is 12.5. The second-order valence-electron chi connectivity index (χ2n) is 6.07. The van der Waals surface area contributed by atoms with Crippen LogP contribution in [0.25, 0.3) is 0 Å². The molecule has 0 aliphatic heterocycles. The van der Waals surface area contributed by atoms with Crippen LogP contribution in [-0.2, 0) is 6.42 Å². The van der Waals surface area contributed by atoms with Crippen LogP contribution in [0.3, 0.4) is 0 Å². The van der Waals surface area contributed by atoms with E-state index in [4.69, 9.17) is 16.0 Å². The minimum atomic E-state index is -0.441. The fourth-order valence-electron chi connectivity index (χ4n) is 3.07. The van der Waals surface area contributed by atoms with Crippen LogP contribution in [0.4, 0.5) is 5.95 Å². The Kier molecular flexibility index (Phi) is 4.26. The number of furan rings is 1. The molecule has 0 spiro atoms. The molecule has 3 aromatic rings. The Morgan fingerprint density at radius 3 is 2.88 bits per heavy atom. The maximum Gasteiger partial charge on any atom is 0.293 e. The Bertz CT molecular complexity index is 985. The highest BCUT2D eigenvalue weighted by Gasteiger charge is 2.28. The zero-order valence-electron chi connectivity index (χ0n) is 13.6. The summed E-state index contributed by atoms with van der Waals surface area (Å²) >= 11 is 6.07. The van der Waals surface area contributed by atoms with E-state index in [0.717, 1.165) is 5.56 Å². The molecule has 1 aromatic carbocycles. The second-order valence-corrected chi connectivity index (χ2v) is 6.51. The van der Waals surface area contributed by atoms with Gasteiger partial charge in [0.05, 0.1) is 17.5 Å². The van der Waals surface area contributed by atoms with Crippen molar-refractivity contribution in [1.29, 1.82) is 0 Å². The van der Waals surface area contributed by atoms with E-state index >= 15 is 0 Å². The first-order valence-electron chi connectivity index (χ1n) is 8.09. The number of hydrogen-bond donors (Lipinski definition) is 1. The number of anilines is 1. The van der Waals surface area contributed by atoms with Gasteiger partial charge in [-0.15, -0.1) is 0 Å². The van der Waals surface area contributed by atoms with Crippen LogP contribution in [0, 0.1) is 0 Å². The highest BCUT2D eigenvalue weighted by Crippen LogP contribution is 2.32. The van der Waals surface area contributed by atoms with Crippen LogP contribution in [0.1, 0.15) is 44.5 Å². The molecule has 0 bridgehead atoms. The number of halogens is 1. The van der Waals surface area contributed by atoms with Crippen molar-refractivity contribution in [1.82, 2.24) is 9.97 Å². The summed E-state index contributed by atoms with van der Waals surface area (Å²) in [6, 6.07) is 10.7. The highest BCUT2D eigenvalue weighted by molar-refractivity contribution is 6.30. The van der Waals surface area contributed by atoms with Crippen molar-refractivity contribution in [2.45, 2.75) is 18.8 Å². The molecule has 0 saturated carbocycles. The summed E-state index contributed by atoms with van der Waals surface area (Å²) in [6.45, 7) is 0. The third-order valence-electron chi connectivity index (χ3n) is 4.33. The lowest BCUT2D eigenvalue weighted by molar-refractivity contribution is 0.0962. The number of nitrogens with zero attached hydrogens (tertiary/aromatic N) is 2. The smallest absolute Gasteiger partial charge is 0.293 e. The van der Waals surface area contributed by atoms with E-state index in [1.165, 1.54) is 12.5 Å². The number of benzene rings is 1. The number of hydrogen-bond acceptors (Lipinski definition) is 5. The monoisotopic (exact) mass is 367 g/mol. The summed E-state index contributed by atoms with van der Waals surface area (Å²) in [5.74, 6) is -0.148. The molecule has 1 N–H and O–H groups in total. The van der Waals surface area contributed by atoms with Crippen molar-refractivity contribution in [3.63, 3.8) is 0 Å². The third-order valence-corrected chi connectivity index (χ3v) is 4.57. The molecule has 0 fully saturated rings. The van der Waals surface area contributed by atoms with Crippen molar-refractivity contribution in [2.75, 3.05) is 5.32 Å². The Morgan fingerprint density at radius 1 is 1.23 bits per heavy atom. The van der Waals surface area contributed by atoms with Gasteiger partial charge in [0.15, 0.2) is 11.5 Å². The Balaban J connectivity index is 1.59. The van der Waals surface area contributed by atoms with Gasteiger partial charge >= 0.3 is 0 Å². The van der Waals surface area contributed by atoms with Crippen LogP contribution in [0.15, 0.2) is 53.3 Å². The molecule has 1 atom stereocenters. The number of amides is 1. The van der Waals surface area contributed by atoms with Gasteiger partial charge in [-0.05, 0) is 42.2 Å². The minimum absolute atomic E-state index is 0.00257. The molecule has 130 valence electrons. The second kappa shape index (κ2) is 6.72. The molecule has 0 radical (unpaired) electrons. The molecule has 1 aliphatic rings. The predicted octanol–water partition coefficient (Wildman–Crippen LogP) is 3.89. The van der Waals surface area contributed by atoms with Crippen molar-refractivity contribution in [3.8, 4) is 0 Å². The molecule has 2 heterocycles. The maximum absolute atomic E-state index is 12.5. The first-order chi connectivity index (χ1) is 12.6. The normalized spacial score (nSPS) is 16.2. The molecule has 0 unspecified atom stereocenters. The predicted molar refractivity (Wildman–Crippen MR) is 95.5 cm³/mol. The molecular formula is C19H14ClN3O3. The minimum Gasteiger partial charge on any atom is -0.459 e. The van der Waals surface area contributed by atoms with Gasteiger partial charge < -0.3 is 4.42 Å². The summed E-state index contributed by atoms with van der Waals surface area (Å²) in [6.07, 6.45) is 3.84. The largest absolute Gasteiger partial charge is 0.459 e. The Hall–Kier alpha value is -2.99. The SMILES string of the molecule is O=C(Nc1ncc2c(n1)C[C@H](c1cccc(Cl)c1)CC2=O)c1ccco1. The van der Waals surface area contributed by atoms with Crippen molar-refractivity contribution < 1.29 is 14.0 Å². The average molecular weight is 368 g/mol. The fourth-order valence-corrected chi connectivity index (χ4v) is 3.27. The first kappa shape index (κ1) is 16.5. The van der Waals surface area contributed by atoms with E-state index in [9.17, 15) is 9.59 Å². The zero-order valence-corrected chi connectivity index (χ0v) is 14.4. The van der Waals surface area contributed by atoms with Crippen molar-refractivity contribution in [2.24, 2.45) is 0 Å². The number of ketones is 1. The summed E-state index contributed by atoms with van der Waals surface area (Å²) < 4.78 is 5.05. The van der Waals surface area contributed by atoms with Gasteiger partial charge in [0.1, 0.15) is 0 Å². The molecule has 4 rings (SSSR count). The zero-order chi connectivity index (χ0) is 18.1. The van der Waals surface area contributed by atoms with Gasteiger partial charge in [0.25, 0.3) is 5.91 Å². The standard InChI is InChI=1S/C19H14ClN3O3/c20-13-4-1-3-11(7-13)12-8-15-14(16(24)9-12)10-21-19(22-15)23-18(25)17-5-2-6-26-17/h1-7,10,12H,8-9H2,(H,21,22,23,25)/t12-/m0/s1. The molecular weight excluding hydrogens is 354 g/mol. The number of rotatable bonds is 3. The van der Waals surface area contributed by atoms with Gasteiger partial charge in [-0.25, -0.2) is 9.97 Å². The van der Waals surface area contributed by atoms with Gasteiger partial charge in [-0.2, -0.15) is 0 Å². The lowest BCUT2D eigenvalue weighted by Gasteiger charge is -2.23. The van der Waals surface area contributed by atoms with E-state index < -0.39 is 5.91 Å². The van der Waals surface area contributed by atoms with Gasteiger partial charge in [0, 0.05) is 17.6 Å². The summed E-state index contributed by atoms with van der Waals surface area (Å²) in [5, 5.41) is 3.22. The van der Waals surface area contributed by atoms with Gasteiger partial charge in [-0.3, -0.25) is 14.9 Å². The van der Waals surface area contributed by atoms with E-state index in [1.54, 1.807) is 18.2 Å². The van der Waals surface area contributed by atoms with Crippen molar-refractivity contribution >= 4 is 29.2 Å². The molecule has 1 amide bonds. The highest BCUT2D eigenvalue weighted by atomic mass is 35.5. The molecule has 0 saturated heterocycles. The van der Waals surface area contributed by atoms with E-state index in [-0.39, 0.29) is 23.4 Å². The average Bonchev–Trinajstić information content (AvgIpc) is 3.16. The van der Waals surface area contributed by atoms with Gasteiger partial charge in [-0.1, -0.05) is 23.7 Å². The van der Waals surface area contributed by atoms with Crippen LogP contribution < -0.4 is 5.32 Å².